The first-order valence-electron chi connectivity index (χ1n) is 6.84. The zero-order valence-electron chi connectivity index (χ0n) is 11.7. The maximum absolute atomic E-state index is 12.2. The molecule has 3 N–H and O–H groups in total. The second-order valence-corrected chi connectivity index (χ2v) is 5.19. The van der Waals surface area contributed by atoms with Crippen molar-refractivity contribution >= 4 is 5.91 Å². The smallest absolute Gasteiger partial charge is 0.406 e. The minimum absolute atomic E-state index is 0.0321. The average Bonchev–Trinajstić information content (AvgIpc) is 2.45. The van der Waals surface area contributed by atoms with Gasteiger partial charge in [0.15, 0.2) is 6.10 Å². The number of likely N-dealkylation sites (tertiary alicyclic amines) is 1. The highest BCUT2D eigenvalue weighted by molar-refractivity contribution is 5.82. The highest BCUT2D eigenvalue weighted by Gasteiger charge is 2.32. The molecule has 122 valence electrons. The molecule has 1 fully saturated rings. The Morgan fingerprint density at radius 2 is 2.00 bits per heavy atom. The van der Waals surface area contributed by atoms with Crippen LogP contribution in [0.2, 0.25) is 0 Å². The summed E-state index contributed by atoms with van der Waals surface area (Å²) in [7, 11) is 0. The van der Waals surface area contributed by atoms with Crippen molar-refractivity contribution in [2.75, 3.05) is 13.1 Å². The highest BCUT2D eigenvalue weighted by atomic mass is 19.4. The molecule has 2 rings (SSSR count). The molecular formula is C14H17F3N2O3. The summed E-state index contributed by atoms with van der Waals surface area (Å²) in [6.45, 7) is 0.853. The summed E-state index contributed by atoms with van der Waals surface area (Å²) in [6, 6.07) is 4.81. The fourth-order valence-electron chi connectivity index (χ4n) is 2.32. The van der Waals surface area contributed by atoms with Gasteiger partial charge in [-0.25, -0.2) is 0 Å². The molecule has 0 aliphatic carbocycles. The molecule has 0 radical (unpaired) electrons. The standard InChI is InChI=1S/C14H17F3N2O3/c15-14(16,17)22-11-3-1-2-9(8-11)12(20)13(21)19-6-4-10(18)5-7-19/h1-3,8,10,12,20H,4-7,18H2. The van der Waals surface area contributed by atoms with Crippen LogP contribution < -0.4 is 10.5 Å². The molecule has 1 aromatic carbocycles. The molecule has 1 aromatic rings. The highest BCUT2D eigenvalue weighted by Crippen LogP contribution is 2.26. The van der Waals surface area contributed by atoms with Crippen molar-refractivity contribution in [1.29, 1.82) is 0 Å². The maximum Gasteiger partial charge on any atom is 0.573 e. The first kappa shape index (κ1) is 16.6. The summed E-state index contributed by atoms with van der Waals surface area (Å²) in [5.74, 6) is -1.02. The molecule has 1 amide bonds. The normalized spacial score (nSPS) is 18.1. The van der Waals surface area contributed by atoms with Crippen molar-refractivity contribution in [3.8, 4) is 5.75 Å². The van der Waals surface area contributed by atoms with E-state index in [0.717, 1.165) is 12.1 Å². The second kappa shape index (κ2) is 6.53. The van der Waals surface area contributed by atoms with Gasteiger partial charge in [0.2, 0.25) is 0 Å². The Labute approximate surface area is 125 Å². The minimum atomic E-state index is -4.82. The number of ether oxygens (including phenoxy) is 1. The van der Waals surface area contributed by atoms with E-state index in [-0.39, 0.29) is 11.6 Å². The number of carbonyl (C=O) groups excluding carboxylic acids is 1. The molecule has 1 aliphatic heterocycles. The first-order valence-corrected chi connectivity index (χ1v) is 6.84. The zero-order valence-corrected chi connectivity index (χ0v) is 11.7. The van der Waals surface area contributed by atoms with E-state index in [1.54, 1.807) is 0 Å². The third-order valence-electron chi connectivity index (χ3n) is 3.49. The molecule has 1 atom stereocenters. The Morgan fingerprint density at radius 1 is 1.36 bits per heavy atom. The SMILES string of the molecule is NC1CCN(C(=O)C(O)c2cccc(OC(F)(F)F)c2)CC1. The average molecular weight is 318 g/mol. The second-order valence-electron chi connectivity index (χ2n) is 5.19. The molecule has 0 saturated carbocycles. The number of rotatable bonds is 3. The van der Waals surface area contributed by atoms with Crippen molar-refractivity contribution in [3.63, 3.8) is 0 Å². The fraction of sp³-hybridized carbons (Fsp3) is 0.500. The number of piperidine rings is 1. The number of benzene rings is 1. The van der Waals surface area contributed by atoms with Gasteiger partial charge in [-0.2, -0.15) is 0 Å². The molecule has 0 bridgehead atoms. The number of carbonyl (C=O) groups is 1. The number of aliphatic hydroxyl groups excluding tert-OH is 1. The van der Waals surface area contributed by atoms with Crippen LogP contribution in [0.4, 0.5) is 13.2 Å². The molecule has 5 nitrogen and oxygen atoms in total. The van der Waals surface area contributed by atoms with Crippen molar-refractivity contribution in [1.82, 2.24) is 4.90 Å². The first-order chi connectivity index (χ1) is 10.3. The molecule has 1 unspecified atom stereocenters. The zero-order chi connectivity index (χ0) is 16.3. The number of halogens is 3. The van der Waals surface area contributed by atoms with E-state index in [4.69, 9.17) is 5.73 Å². The third kappa shape index (κ3) is 4.35. The van der Waals surface area contributed by atoms with Gasteiger partial charge in [0, 0.05) is 19.1 Å². The summed E-state index contributed by atoms with van der Waals surface area (Å²) in [5.41, 5.74) is 5.80. The quantitative estimate of drug-likeness (QED) is 0.887. The number of alkyl halides is 3. The monoisotopic (exact) mass is 318 g/mol. The molecular weight excluding hydrogens is 301 g/mol. The maximum atomic E-state index is 12.2. The summed E-state index contributed by atoms with van der Waals surface area (Å²) >= 11 is 0. The minimum Gasteiger partial charge on any atom is -0.406 e. The van der Waals surface area contributed by atoms with Crippen molar-refractivity contribution in [2.24, 2.45) is 5.73 Å². The van der Waals surface area contributed by atoms with E-state index in [9.17, 15) is 23.1 Å². The van der Waals surface area contributed by atoms with Gasteiger partial charge >= 0.3 is 6.36 Å². The molecule has 0 spiro atoms. The van der Waals surface area contributed by atoms with Crippen LogP contribution in [-0.4, -0.2) is 41.4 Å². The van der Waals surface area contributed by atoms with Crippen molar-refractivity contribution < 1.29 is 27.8 Å². The molecule has 1 aliphatic rings. The van der Waals surface area contributed by atoms with Gasteiger partial charge < -0.3 is 20.5 Å². The van der Waals surface area contributed by atoms with Gasteiger partial charge in [0.05, 0.1) is 0 Å². The lowest BCUT2D eigenvalue weighted by atomic mass is 10.0. The van der Waals surface area contributed by atoms with Gasteiger partial charge in [-0.05, 0) is 30.5 Å². The molecule has 1 heterocycles. The van der Waals surface area contributed by atoms with E-state index in [0.29, 0.717) is 25.9 Å². The van der Waals surface area contributed by atoms with Crippen LogP contribution in [0.15, 0.2) is 24.3 Å². The Balaban J connectivity index is 2.07. The molecule has 22 heavy (non-hydrogen) atoms. The Kier molecular flexibility index (Phi) is 4.92. The van der Waals surface area contributed by atoms with Gasteiger partial charge in [-0.3, -0.25) is 4.79 Å². The van der Waals surface area contributed by atoms with E-state index in [1.807, 2.05) is 0 Å². The molecule has 1 saturated heterocycles. The van der Waals surface area contributed by atoms with Crippen molar-refractivity contribution in [2.45, 2.75) is 31.3 Å². The third-order valence-corrected chi connectivity index (χ3v) is 3.49. The summed E-state index contributed by atoms with van der Waals surface area (Å²) in [5, 5.41) is 10.1. The predicted octanol–water partition coefficient (Wildman–Crippen LogP) is 1.57. The van der Waals surface area contributed by atoms with Crippen LogP contribution in [0.25, 0.3) is 0 Å². The number of hydrogen-bond acceptors (Lipinski definition) is 4. The van der Waals surface area contributed by atoms with Gasteiger partial charge in [0.1, 0.15) is 5.75 Å². The Bertz CT molecular complexity index is 528. The predicted molar refractivity (Wildman–Crippen MR) is 71.9 cm³/mol. The van der Waals surface area contributed by atoms with Crippen LogP contribution in [0, 0.1) is 0 Å². The summed E-state index contributed by atoms with van der Waals surface area (Å²) in [6.07, 6.45) is -5.08. The Hall–Kier alpha value is -1.80. The number of nitrogens with zero attached hydrogens (tertiary/aromatic N) is 1. The number of nitrogens with two attached hydrogens (primary N) is 1. The van der Waals surface area contributed by atoms with Gasteiger partial charge in [0.25, 0.3) is 5.91 Å². The van der Waals surface area contributed by atoms with Crippen LogP contribution in [0.5, 0.6) is 5.75 Å². The van der Waals surface area contributed by atoms with Crippen LogP contribution >= 0.6 is 0 Å². The van der Waals surface area contributed by atoms with E-state index < -0.39 is 24.1 Å². The van der Waals surface area contributed by atoms with Gasteiger partial charge in [-0.1, -0.05) is 12.1 Å². The van der Waals surface area contributed by atoms with E-state index in [2.05, 4.69) is 4.74 Å². The lowest BCUT2D eigenvalue weighted by Crippen LogP contribution is -2.44. The lowest BCUT2D eigenvalue weighted by Gasteiger charge is -2.31. The topological polar surface area (TPSA) is 75.8 Å². The summed E-state index contributed by atoms with van der Waals surface area (Å²) < 4.78 is 40.3. The van der Waals surface area contributed by atoms with Crippen LogP contribution in [-0.2, 0) is 4.79 Å². The van der Waals surface area contributed by atoms with Crippen LogP contribution in [0.1, 0.15) is 24.5 Å². The summed E-state index contributed by atoms with van der Waals surface area (Å²) in [4.78, 5) is 13.6. The van der Waals surface area contributed by atoms with E-state index >= 15 is 0 Å². The molecule has 0 aromatic heterocycles. The number of hydrogen-bond donors (Lipinski definition) is 2. The Morgan fingerprint density at radius 3 is 2.59 bits per heavy atom. The fourth-order valence-corrected chi connectivity index (χ4v) is 2.32. The van der Waals surface area contributed by atoms with Crippen molar-refractivity contribution in [3.05, 3.63) is 29.8 Å². The number of amides is 1. The molecule has 8 heteroatoms. The van der Waals surface area contributed by atoms with Gasteiger partial charge in [-0.15, -0.1) is 13.2 Å². The van der Waals surface area contributed by atoms with E-state index in [1.165, 1.54) is 17.0 Å². The number of aliphatic hydroxyl groups is 1. The lowest BCUT2D eigenvalue weighted by molar-refractivity contribution is -0.274. The van der Waals surface area contributed by atoms with Crippen LogP contribution in [0.3, 0.4) is 0 Å². The largest absolute Gasteiger partial charge is 0.573 e.